The van der Waals surface area contributed by atoms with Gasteiger partial charge in [-0.25, -0.2) is 0 Å². The summed E-state index contributed by atoms with van der Waals surface area (Å²) in [4.78, 5) is 9.33. The zero-order chi connectivity index (χ0) is 7.82. The first kappa shape index (κ1) is 13.8. The van der Waals surface area contributed by atoms with Crippen LogP contribution in [0.2, 0.25) is 0 Å². The molecule has 0 aliphatic heterocycles. The molecule has 0 aromatic rings. The third-order valence-corrected chi connectivity index (χ3v) is 1.32. The Kier molecular flexibility index (Phi) is 12.8. The molecule has 1 nitrogen and oxygen atoms in total. The van der Waals surface area contributed by atoms with Crippen molar-refractivity contribution in [3.8, 4) is 0 Å². The van der Waals surface area contributed by atoms with Crippen LogP contribution in [0.4, 0.5) is 0 Å². The van der Waals surface area contributed by atoms with E-state index in [2.05, 4.69) is 13.3 Å². The van der Waals surface area contributed by atoms with Crippen LogP contribution in [0, 0.1) is 13.3 Å². The third kappa shape index (κ3) is 17.9. The molecule has 0 spiro atoms. The van der Waals surface area contributed by atoms with E-state index in [1.165, 1.54) is 39.0 Å². The molecule has 0 heterocycles. The van der Waals surface area contributed by atoms with Gasteiger partial charge in [0.1, 0.15) is 0 Å². The molecule has 11 heavy (non-hydrogen) atoms. The van der Waals surface area contributed by atoms with Crippen LogP contribution in [0.5, 0.6) is 0 Å². The number of carbonyl (C=O) groups excluding carboxylic acids is 1. The van der Waals surface area contributed by atoms with Crippen LogP contribution in [-0.4, -0.2) is 5.78 Å². The van der Waals surface area contributed by atoms with Gasteiger partial charge in [-0.2, -0.15) is 12.8 Å². The summed E-state index contributed by atoms with van der Waals surface area (Å²) in [6.45, 7) is 4.42. The summed E-state index contributed by atoms with van der Waals surface area (Å²) in [5.41, 5.74) is 0. The van der Waals surface area contributed by atoms with Gasteiger partial charge in [-0.3, -0.25) is 0 Å². The maximum absolute atomic E-state index is 9.33. The maximum atomic E-state index is 9.33. The quantitative estimate of drug-likeness (QED) is 0.626. The molecular formula is C9H16OW. The Morgan fingerprint density at radius 3 is 1.73 bits per heavy atom. The van der Waals surface area contributed by atoms with Gasteiger partial charge in [0.05, 0.1) is 0 Å². The fourth-order valence-corrected chi connectivity index (χ4v) is 0.898. The standard InChI is InChI=1S/C6H11.C3H5O.W/c1-2-4-6-5-3-1;1-3(2)4;/h1H,2-6H2;1H2,2H3;/q2*-1;+2. The van der Waals surface area contributed by atoms with E-state index in [-0.39, 0.29) is 26.8 Å². The van der Waals surface area contributed by atoms with E-state index in [0.717, 1.165) is 0 Å². The van der Waals surface area contributed by atoms with Crippen LogP contribution >= 0.6 is 0 Å². The van der Waals surface area contributed by atoms with Crippen molar-refractivity contribution < 1.29 is 25.9 Å². The number of rotatable bonds is 0. The Morgan fingerprint density at radius 2 is 1.64 bits per heavy atom. The molecule has 0 radical (unpaired) electrons. The molecule has 1 fully saturated rings. The van der Waals surface area contributed by atoms with Crippen LogP contribution in [0.1, 0.15) is 39.0 Å². The van der Waals surface area contributed by atoms with Crippen LogP contribution in [0.25, 0.3) is 0 Å². The van der Waals surface area contributed by atoms with Crippen LogP contribution in [0.3, 0.4) is 0 Å². The van der Waals surface area contributed by atoms with Crippen molar-refractivity contribution in [1.82, 2.24) is 0 Å². The Bertz CT molecular complexity index is 72.1. The van der Waals surface area contributed by atoms with Gasteiger partial charge in [0, 0.05) is 0 Å². The molecule has 0 saturated heterocycles. The topological polar surface area (TPSA) is 17.1 Å². The van der Waals surface area contributed by atoms with Gasteiger partial charge < -0.3 is 18.1 Å². The summed E-state index contributed by atoms with van der Waals surface area (Å²) >= 11 is 0. The summed E-state index contributed by atoms with van der Waals surface area (Å²) in [6, 6.07) is 0. The Hall–Kier alpha value is 0.228. The molecule has 0 bridgehead atoms. The molecular weight excluding hydrogens is 308 g/mol. The minimum absolute atomic E-state index is 0. The minimum Gasteiger partial charge on any atom is -0.340 e. The predicted molar refractivity (Wildman–Crippen MR) is 43.4 cm³/mol. The van der Waals surface area contributed by atoms with E-state index in [0.29, 0.717) is 0 Å². The van der Waals surface area contributed by atoms with Crippen molar-refractivity contribution >= 4 is 5.78 Å². The van der Waals surface area contributed by atoms with Crippen molar-refractivity contribution in [1.29, 1.82) is 0 Å². The summed E-state index contributed by atoms with van der Waals surface area (Å²) < 4.78 is 0. The van der Waals surface area contributed by atoms with E-state index < -0.39 is 0 Å². The van der Waals surface area contributed by atoms with Crippen LogP contribution in [-0.2, 0) is 25.9 Å². The van der Waals surface area contributed by atoms with E-state index in [1.807, 2.05) is 0 Å². The molecule has 2 heteroatoms. The van der Waals surface area contributed by atoms with E-state index >= 15 is 0 Å². The third-order valence-electron chi connectivity index (χ3n) is 1.32. The first-order valence-corrected chi connectivity index (χ1v) is 3.87. The van der Waals surface area contributed by atoms with Gasteiger partial charge in [-0.15, -0.1) is 0 Å². The zero-order valence-corrected chi connectivity index (χ0v) is 10.1. The van der Waals surface area contributed by atoms with Crippen molar-refractivity contribution in [2.24, 2.45) is 0 Å². The van der Waals surface area contributed by atoms with E-state index in [9.17, 15) is 4.79 Å². The second-order valence-electron chi connectivity index (χ2n) is 2.63. The molecule has 1 saturated carbocycles. The smallest absolute Gasteiger partial charge is 0.340 e. The summed E-state index contributed by atoms with van der Waals surface area (Å²) in [5.74, 6) is -0.0833. The fourth-order valence-electron chi connectivity index (χ4n) is 0.898. The fraction of sp³-hybridized carbons (Fsp3) is 0.667. The van der Waals surface area contributed by atoms with Gasteiger partial charge in [0.25, 0.3) is 0 Å². The summed E-state index contributed by atoms with van der Waals surface area (Å²) in [7, 11) is 0. The molecule has 1 aliphatic carbocycles. The van der Waals surface area contributed by atoms with Crippen LogP contribution in [0.15, 0.2) is 0 Å². The number of Topliss-reactive ketones (excluding diaryl/α,β-unsaturated/α-hetero) is 1. The van der Waals surface area contributed by atoms with Crippen molar-refractivity contribution in [2.75, 3.05) is 0 Å². The second kappa shape index (κ2) is 10.2. The minimum atomic E-state index is -0.0833. The molecule has 0 aromatic heterocycles. The predicted octanol–water partition coefficient (Wildman–Crippen LogP) is 2.56. The van der Waals surface area contributed by atoms with Gasteiger partial charge in [0.15, 0.2) is 0 Å². The van der Waals surface area contributed by atoms with E-state index in [4.69, 9.17) is 0 Å². The first-order valence-electron chi connectivity index (χ1n) is 3.87. The molecule has 0 N–H and O–H groups in total. The summed E-state index contributed by atoms with van der Waals surface area (Å²) in [5, 5.41) is 0. The van der Waals surface area contributed by atoms with Gasteiger partial charge in [-0.1, -0.05) is 19.3 Å². The molecule has 0 amide bonds. The zero-order valence-electron chi connectivity index (χ0n) is 7.14. The number of hydrogen-bond acceptors (Lipinski definition) is 1. The second-order valence-corrected chi connectivity index (χ2v) is 2.63. The molecule has 0 unspecified atom stereocenters. The summed E-state index contributed by atoms with van der Waals surface area (Å²) in [6.07, 6.45) is 9.50. The molecule has 1 rings (SSSR count). The maximum Gasteiger partial charge on any atom is 2.00 e. The monoisotopic (exact) mass is 324 g/mol. The number of hydrogen-bond donors (Lipinski definition) is 0. The van der Waals surface area contributed by atoms with Crippen LogP contribution < -0.4 is 0 Å². The Labute approximate surface area is 84.2 Å². The molecule has 1 aliphatic rings. The van der Waals surface area contributed by atoms with Crippen molar-refractivity contribution in [3.05, 3.63) is 13.3 Å². The van der Waals surface area contributed by atoms with Gasteiger partial charge in [0.2, 0.25) is 0 Å². The Morgan fingerprint density at radius 1 is 1.27 bits per heavy atom. The average Bonchev–Trinajstić information content (AvgIpc) is 1.90. The molecule has 64 valence electrons. The molecule has 0 aromatic carbocycles. The van der Waals surface area contributed by atoms with Gasteiger partial charge >= 0.3 is 21.1 Å². The first-order chi connectivity index (χ1) is 4.73. The van der Waals surface area contributed by atoms with E-state index in [1.54, 1.807) is 0 Å². The number of carbonyl (C=O) groups is 1. The largest absolute Gasteiger partial charge is 2.00 e. The normalized spacial score (nSPS) is 15.4. The average molecular weight is 324 g/mol. The molecule has 0 atom stereocenters. The SMILES string of the molecule is [CH-]1CCCCC1.[CH2-]C(C)=O.[W+2]. The Balaban J connectivity index is 0. The van der Waals surface area contributed by atoms with Crippen molar-refractivity contribution in [3.63, 3.8) is 0 Å². The van der Waals surface area contributed by atoms with Gasteiger partial charge in [-0.05, 0) is 12.7 Å². The van der Waals surface area contributed by atoms with Crippen molar-refractivity contribution in [2.45, 2.75) is 39.0 Å². The number of ketones is 1.